The Labute approximate surface area is 184 Å². The number of carbonyl (C=O) groups excluding carboxylic acids is 3. The van der Waals surface area contributed by atoms with Gasteiger partial charge in [0.2, 0.25) is 0 Å². The summed E-state index contributed by atoms with van der Waals surface area (Å²) in [5, 5.41) is 0. The highest BCUT2D eigenvalue weighted by Gasteiger charge is 2.54. The topological polar surface area (TPSA) is 91.8 Å². The first-order valence-corrected chi connectivity index (χ1v) is 10.1. The lowest BCUT2D eigenvalue weighted by Gasteiger charge is -2.39. The van der Waals surface area contributed by atoms with Crippen LogP contribution in [-0.2, 0) is 25.7 Å². The van der Waals surface area contributed by atoms with Gasteiger partial charge in [-0.25, -0.2) is 9.79 Å². The molecule has 9 nitrogen and oxygen atoms in total. The number of hydrogen-bond donors (Lipinski definition) is 0. The summed E-state index contributed by atoms with van der Waals surface area (Å²) in [6, 6.07) is 17.5. The zero-order chi connectivity index (χ0) is 22.2. The molecule has 1 saturated heterocycles. The van der Waals surface area contributed by atoms with E-state index in [1.807, 2.05) is 60.7 Å². The van der Waals surface area contributed by atoms with Crippen molar-refractivity contribution in [1.29, 1.82) is 0 Å². The van der Waals surface area contributed by atoms with Crippen molar-refractivity contribution in [2.75, 3.05) is 13.6 Å². The maximum Gasteiger partial charge on any atom is 0.328 e. The molecular formula is C23H20N4O5. The Hall–Kier alpha value is -4.14. The molecule has 2 aromatic carbocycles. The van der Waals surface area contributed by atoms with Crippen molar-refractivity contribution < 1.29 is 23.9 Å². The minimum absolute atomic E-state index is 0.0637. The molecule has 3 aliphatic rings. The fourth-order valence-corrected chi connectivity index (χ4v) is 3.88. The molecule has 32 heavy (non-hydrogen) atoms. The summed E-state index contributed by atoms with van der Waals surface area (Å²) in [6.07, 6.45) is 0.974. The van der Waals surface area contributed by atoms with Gasteiger partial charge in [0.1, 0.15) is 13.2 Å². The average molecular weight is 432 g/mol. The van der Waals surface area contributed by atoms with E-state index in [1.54, 1.807) is 18.1 Å². The van der Waals surface area contributed by atoms with E-state index in [0.29, 0.717) is 5.76 Å². The number of likely N-dealkylation sites (N-methyl/N-ethyl adjacent to an activating group) is 1. The van der Waals surface area contributed by atoms with Gasteiger partial charge >= 0.3 is 12.0 Å². The molecule has 2 unspecified atom stereocenters. The lowest BCUT2D eigenvalue weighted by atomic mass is 10.1. The minimum Gasteiger partial charge on any atom is -0.459 e. The quantitative estimate of drug-likeness (QED) is 0.672. The number of aliphatic imine (C=N–C) groups is 1. The second kappa shape index (κ2) is 7.84. The van der Waals surface area contributed by atoms with E-state index < -0.39 is 36.7 Å². The van der Waals surface area contributed by atoms with Crippen molar-refractivity contribution in [3.63, 3.8) is 0 Å². The van der Waals surface area contributed by atoms with Crippen LogP contribution in [0, 0.1) is 0 Å². The van der Waals surface area contributed by atoms with Gasteiger partial charge in [-0.05, 0) is 5.56 Å². The Morgan fingerprint density at radius 2 is 1.75 bits per heavy atom. The molecule has 162 valence electrons. The predicted molar refractivity (Wildman–Crippen MR) is 113 cm³/mol. The van der Waals surface area contributed by atoms with Gasteiger partial charge in [-0.3, -0.25) is 19.4 Å². The van der Waals surface area contributed by atoms with E-state index in [9.17, 15) is 14.4 Å². The third-order valence-corrected chi connectivity index (χ3v) is 5.54. The highest BCUT2D eigenvalue weighted by Crippen LogP contribution is 2.35. The monoisotopic (exact) mass is 432 g/mol. The summed E-state index contributed by atoms with van der Waals surface area (Å²) in [6.45, 7) is -0.411. The highest BCUT2D eigenvalue weighted by molar-refractivity contribution is 6.06. The molecule has 3 amide bonds. The first-order valence-electron chi connectivity index (χ1n) is 10.1. The van der Waals surface area contributed by atoms with Gasteiger partial charge in [0.05, 0.1) is 6.20 Å². The Bertz CT molecular complexity index is 1130. The molecule has 2 aromatic rings. The van der Waals surface area contributed by atoms with Crippen LogP contribution in [0.15, 0.2) is 71.9 Å². The fourth-order valence-electron chi connectivity index (χ4n) is 3.88. The van der Waals surface area contributed by atoms with Crippen LogP contribution in [0.2, 0.25) is 0 Å². The van der Waals surface area contributed by atoms with Crippen molar-refractivity contribution in [2.24, 2.45) is 4.99 Å². The van der Waals surface area contributed by atoms with Gasteiger partial charge in [0, 0.05) is 12.6 Å². The van der Waals surface area contributed by atoms with E-state index in [0.717, 1.165) is 16.0 Å². The van der Waals surface area contributed by atoms with Crippen LogP contribution in [0.25, 0.3) is 5.76 Å². The fraction of sp³-hybridized carbons (Fsp3) is 0.217. The summed E-state index contributed by atoms with van der Waals surface area (Å²) >= 11 is 0. The zero-order valence-electron chi connectivity index (χ0n) is 17.2. The van der Waals surface area contributed by atoms with Crippen LogP contribution in [0.1, 0.15) is 11.1 Å². The number of benzene rings is 2. The van der Waals surface area contributed by atoms with Crippen LogP contribution >= 0.6 is 0 Å². The average Bonchev–Trinajstić information content (AvgIpc) is 3.39. The Balaban J connectivity index is 1.32. The number of amides is 3. The Morgan fingerprint density at radius 3 is 2.47 bits per heavy atom. The van der Waals surface area contributed by atoms with E-state index in [2.05, 4.69) is 4.99 Å². The summed E-state index contributed by atoms with van der Waals surface area (Å²) in [4.78, 5) is 46.7. The molecule has 0 bridgehead atoms. The van der Waals surface area contributed by atoms with Crippen molar-refractivity contribution in [3.8, 4) is 0 Å². The Kier molecular flexibility index (Phi) is 4.85. The second-order valence-corrected chi connectivity index (χ2v) is 7.60. The first kappa shape index (κ1) is 19.8. The lowest BCUT2D eigenvalue weighted by molar-refractivity contribution is -0.151. The van der Waals surface area contributed by atoms with E-state index >= 15 is 0 Å². The van der Waals surface area contributed by atoms with Crippen molar-refractivity contribution >= 4 is 29.7 Å². The molecule has 3 heterocycles. The van der Waals surface area contributed by atoms with Gasteiger partial charge < -0.3 is 14.4 Å². The molecule has 0 aromatic heterocycles. The molecule has 2 atom stereocenters. The SMILES string of the molecule is CN1C(=O)N(CC(=O)OCc2ccccc2)C(=O)C2C1N=C1OC(c3ccccc3)=CN12. The molecule has 0 radical (unpaired) electrons. The van der Waals surface area contributed by atoms with E-state index in [4.69, 9.17) is 9.47 Å². The molecule has 0 aliphatic carbocycles. The lowest BCUT2D eigenvalue weighted by Crippen LogP contribution is -2.64. The standard InChI is InChI=1S/C23H20N4O5/c1-25-20-19(26-12-17(32-22(26)24-20)16-10-6-3-7-11-16)21(29)27(23(25)30)13-18(28)31-14-15-8-4-2-5-9-15/h2-12,19-20H,13-14H2,1H3. The number of esters is 1. The molecule has 0 saturated carbocycles. The van der Waals surface area contributed by atoms with Gasteiger partial charge in [-0.2, -0.15) is 0 Å². The van der Waals surface area contributed by atoms with Crippen molar-refractivity contribution in [1.82, 2.24) is 14.7 Å². The van der Waals surface area contributed by atoms with E-state index in [-0.39, 0.29) is 12.6 Å². The normalized spacial score (nSPS) is 21.6. The molecular weight excluding hydrogens is 412 g/mol. The second-order valence-electron chi connectivity index (χ2n) is 7.60. The number of urea groups is 1. The number of imide groups is 1. The molecule has 1 fully saturated rings. The van der Waals surface area contributed by atoms with Crippen molar-refractivity contribution in [3.05, 3.63) is 78.0 Å². The number of rotatable bonds is 5. The van der Waals surface area contributed by atoms with E-state index in [1.165, 1.54) is 4.90 Å². The van der Waals surface area contributed by atoms with Gasteiger partial charge in [0.25, 0.3) is 11.9 Å². The number of fused-ring (bicyclic) bond motifs is 3. The minimum atomic E-state index is -0.809. The van der Waals surface area contributed by atoms with Crippen LogP contribution < -0.4 is 0 Å². The summed E-state index contributed by atoms with van der Waals surface area (Å²) < 4.78 is 11.1. The summed E-state index contributed by atoms with van der Waals surface area (Å²) in [7, 11) is 1.54. The number of carbonyl (C=O) groups is 3. The largest absolute Gasteiger partial charge is 0.459 e. The highest BCUT2D eigenvalue weighted by atomic mass is 16.5. The molecule has 0 N–H and O–H groups in total. The maximum atomic E-state index is 13.2. The van der Waals surface area contributed by atoms with Crippen LogP contribution in [0.5, 0.6) is 0 Å². The smallest absolute Gasteiger partial charge is 0.328 e. The number of amidine groups is 1. The van der Waals surface area contributed by atoms with Crippen LogP contribution in [0.3, 0.4) is 0 Å². The summed E-state index contributed by atoms with van der Waals surface area (Å²) in [5.41, 5.74) is 1.66. The van der Waals surface area contributed by atoms with Gasteiger partial charge in [-0.1, -0.05) is 60.7 Å². The number of nitrogens with zero attached hydrogens (tertiary/aromatic N) is 4. The predicted octanol–water partition coefficient (Wildman–Crippen LogP) is 2.02. The van der Waals surface area contributed by atoms with Gasteiger partial charge in [-0.15, -0.1) is 0 Å². The summed E-state index contributed by atoms with van der Waals surface area (Å²) in [5.74, 6) is -0.633. The third kappa shape index (κ3) is 3.37. The molecule has 3 aliphatic heterocycles. The number of hydrogen-bond acceptors (Lipinski definition) is 7. The molecule has 5 rings (SSSR count). The Morgan fingerprint density at radius 1 is 1.06 bits per heavy atom. The third-order valence-electron chi connectivity index (χ3n) is 5.54. The van der Waals surface area contributed by atoms with Crippen LogP contribution in [0.4, 0.5) is 4.79 Å². The molecule has 9 heteroatoms. The zero-order valence-corrected chi connectivity index (χ0v) is 17.2. The first-order chi connectivity index (χ1) is 15.5. The van der Waals surface area contributed by atoms with Crippen molar-refractivity contribution in [2.45, 2.75) is 18.8 Å². The van der Waals surface area contributed by atoms with Crippen LogP contribution in [-0.4, -0.2) is 64.4 Å². The number of ether oxygens (including phenoxy) is 2. The van der Waals surface area contributed by atoms with Gasteiger partial charge in [0.15, 0.2) is 18.0 Å². The maximum absolute atomic E-state index is 13.2. The molecule has 0 spiro atoms.